The van der Waals surface area contributed by atoms with E-state index >= 15 is 0 Å². The topological polar surface area (TPSA) is 118 Å². The average molecular weight is 702 g/mol. The van der Waals surface area contributed by atoms with Crippen molar-refractivity contribution in [3.63, 3.8) is 0 Å². The average Bonchev–Trinajstić information content (AvgIpc) is 3.70. The van der Waals surface area contributed by atoms with Crippen molar-refractivity contribution in [2.45, 2.75) is 50.4 Å². The highest BCUT2D eigenvalue weighted by Crippen LogP contribution is 2.42. The number of rotatable bonds is 11. The van der Waals surface area contributed by atoms with Gasteiger partial charge in [0.1, 0.15) is 0 Å². The third kappa shape index (κ3) is 6.83. The minimum Gasteiger partial charge on any atom is -0.481 e. The number of aromatic nitrogens is 2. The summed E-state index contributed by atoms with van der Waals surface area (Å²) in [5.41, 5.74) is 6.21. The second-order valence-electron chi connectivity index (χ2n) is 13.0. The fourth-order valence-corrected chi connectivity index (χ4v) is 7.76. The smallest absolute Gasteiger partial charge is 0.220 e. The van der Waals surface area contributed by atoms with E-state index in [0.717, 1.165) is 59.3 Å². The molecule has 5 heterocycles. The van der Waals surface area contributed by atoms with Crippen molar-refractivity contribution in [3.8, 4) is 45.4 Å². The van der Waals surface area contributed by atoms with Crippen LogP contribution in [0.25, 0.3) is 33.6 Å². The Hall–Kier alpha value is -4.22. The van der Waals surface area contributed by atoms with Crippen LogP contribution in [0.1, 0.15) is 36.8 Å². The van der Waals surface area contributed by atoms with Crippen LogP contribution in [0, 0.1) is 0 Å². The number of hydrogen-bond acceptors (Lipinski definition) is 8. The Balaban J connectivity index is 1.10. The molecule has 2 amide bonds. The maximum atomic E-state index is 11.7. The van der Waals surface area contributed by atoms with E-state index < -0.39 is 0 Å². The molecule has 12 heteroatoms. The first-order valence-electron chi connectivity index (χ1n) is 16.5. The second-order valence-corrected chi connectivity index (χ2v) is 13.7. The summed E-state index contributed by atoms with van der Waals surface area (Å²) in [5.74, 6) is 1.28. The molecule has 7 rings (SSSR count). The highest BCUT2D eigenvalue weighted by Gasteiger charge is 2.47. The minimum atomic E-state index is -0.0793. The number of nitrogens with zero attached hydrogens (tertiary/aromatic N) is 3. The molecule has 3 fully saturated rings. The molecule has 254 valence electrons. The minimum absolute atomic E-state index is 0.0793. The number of carbonyl (C=O) groups excluding carboxylic acids is 2. The maximum absolute atomic E-state index is 11.7. The number of likely N-dealkylation sites (tertiary alicyclic amines) is 1. The Morgan fingerprint density at radius 3 is 1.96 bits per heavy atom. The molecule has 0 unspecified atom stereocenters. The van der Waals surface area contributed by atoms with Crippen molar-refractivity contribution in [2.75, 3.05) is 33.9 Å². The van der Waals surface area contributed by atoms with Gasteiger partial charge in [-0.2, -0.15) is 0 Å². The van der Waals surface area contributed by atoms with Crippen LogP contribution < -0.4 is 25.4 Å². The zero-order chi connectivity index (χ0) is 34.1. The lowest BCUT2D eigenvalue weighted by atomic mass is 9.88. The summed E-state index contributed by atoms with van der Waals surface area (Å²) in [4.78, 5) is 35.2. The van der Waals surface area contributed by atoms with Gasteiger partial charge in [0.05, 0.1) is 41.2 Å². The van der Waals surface area contributed by atoms with Gasteiger partial charge in [-0.05, 0) is 25.0 Å². The van der Waals surface area contributed by atoms with Gasteiger partial charge in [0.25, 0.3) is 0 Å². The van der Waals surface area contributed by atoms with Crippen molar-refractivity contribution < 1.29 is 19.1 Å². The molecule has 0 radical (unpaired) electrons. The van der Waals surface area contributed by atoms with Crippen molar-refractivity contribution in [3.05, 3.63) is 81.8 Å². The molecular weight excluding hydrogens is 663 g/mol. The fourth-order valence-electron chi connectivity index (χ4n) is 7.11. The number of halogens is 2. The van der Waals surface area contributed by atoms with Crippen LogP contribution in [0.4, 0.5) is 0 Å². The zero-order valence-corrected chi connectivity index (χ0v) is 29.0. The zero-order valence-electron chi connectivity index (χ0n) is 27.4. The summed E-state index contributed by atoms with van der Waals surface area (Å²) in [6.45, 7) is 3.56. The van der Waals surface area contributed by atoms with Gasteiger partial charge in [0.15, 0.2) is 0 Å². The van der Waals surface area contributed by atoms with Crippen LogP contribution in [0.15, 0.2) is 60.7 Å². The van der Waals surface area contributed by atoms with Crippen LogP contribution in [0.2, 0.25) is 10.0 Å². The van der Waals surface area contributed by atoms with Gasteiger partial charge >= 0.3 is 0 Å². The third-order valence-electron chi connectivity index (χ3n) is 9.58. The Labute approximate surface area is 295 Å². The van der Waals surface area contributed by atoms with Crippen molar-refractivity contribution in [1.82, 2.24) is 30.8 Å². The molecular formula is C37H38Cl2N6O4. The predicted molar refractivity (Wildman–Crippen MR) is 190 cm³/mol. The Bertz CT molecular complexity index is 1910. The summed E-state index contributed by atoms with van der Waals surface area (Å²) >= 11 is 14.2. The summed E-state index contributed by atoms with van der Waals surface area (Å²) in [7, 11) is 3.22. The second kappa shape index (κ2) is 14.0. The molecule has 3 N–H and O–H groups in total. The van der Waals surface area contributed by atoms with Crippen LogP contribution in [0.5, 0.6) is 11.8 Å². The summed E-state index contributed by atoms with van der Waals surface area (Å²) in [6.07, 6.45) is 2.90. The molecule has 49 heavy (non-hydrogen) atoms. The third-order valence-corrected chi connectivity index (χ3v) is 10.4. The van der Waals surface area contributed by atoms with E-state index in [4.69, 9.17) is 42.6 Å². The van der Waals surface area contributed by atoms with Crippen LogP contribution in [-0.4, -0.2) is 72.1 Å². The van der Waals surface area contributed by atoms with E-state index in [-0.39, 0.29) is 23.4 Å². The van der Waals surface area contributed by atoms with E-state index in [1.165, 1.54) is 0 Å². The first-order valence-corrected chi connectivity index (χ1v) is 17.2. The Morgan fingerprint density at radius 2 is 1.41 bits per heavy atom. The number of benzene rings is 2. The van der Waals surface area contributed by atoms with Crippen LogP contribution in [-0.2, 0) is 22.7 Å². The SMILES string of the molecule is COc1nc(-c2cccc(-c3cccc(-c4ccc(CN5CC6(CCC(=O)N6)C5)c(OC)n4)c3Cl)c2Cl)ccc1CNC[C@@H]1CCC(=O)N1. The van der Waals surface area contributed by atoms with Crippen LogP contribution >= 0.6 is 23.2 Å². The molecule has 3 saturated heterocycles. The van der Waals surface area contributed by atoms with E-state index in [1.54, 1.807) is 14.2 Å². The first kappa shape index (κ1) is 33.3. The highest BCUT2D eigenvalue weighted by molar-refractivity contribution is 6.39. The molecule has 4 aromatic rings. The molecule has 3 aliphatic rings. The van der Waals surface area contributed by atoms with Crippen molar-refractivity contribution >= 4 is 35.0 Å². The Kier molecular flexibility index (Phi) is 9.48. The number of nitrogens with one attached hydrogen (secondary N) is 3. The van der Waals surface area contributed by atoms with Gasteiger partial charge in [0.2, 0.25) is 23.6 Å². The van der Waals surface area contributed by atoms with E-state index in [1.807, 2.05) is 60.7 Å². The lowest BCUT2D eigenvalue weighted by Crippen LogP contribution is -2.66. The number of pyridine rings is 2. The van der Waals surface area contributed by atoms with E-state index in [2.05, 4.69) is 20.9 Å². The van der Waals surface area contributed by atoms with Gasteiger partial charge in [-0.15, -0.1) is 0 Å². The van der Waals surface area contributed by atoms with Crippen molar-refractivity contribution in [1.29, 1.82) is 0 Å². The molecule has 0 bridgehead atoms. The van der Waals surface area contributed by atoms with Gasteiger partial charge in [0, 0.05) is 85.0 Å². The number of hydrogen-bond donors (Lipinski definition) is 3. The summed E-state index contributed by atoms with van der Waals surface area (Å²) < 4.78 is 11.4. The highest BCUT2D eigenvalue weighted by atomic mass is 35.5. The first-order chi connectivity index (χ1) is 23.8. The standard InChI is InChI=1S/C37H38Cl2N6O4/c1-48-35-22(17-40-18-24-11-14-31(46)41-24)9-12-29(42-35)27-7-3-5-25(33(27)38)26-6-4-8-28(34(26)39)30-13-10-23(36(43-30)49-2)19-45-20-37(21-45)16-15-32(47)44-37/h3-10,12-13,24,40H,11,14-21H2,1-2H3,(H,41,46)(H,44,47)/t24-/m0/s1. The molecule has 2 aromatic heterocycles. The molecule has 0 saturated carbocycles. The van der Waals surface area contributed by atoms with E-state index in [0.29, 0.717) is 65.7 Å². The molecule has 1 atom stereocenters. The quantitative estimate of drug-likeness (QED) is 0.184. The lowest BCUT2D eigenvalue weighted by molar-refractivity contribution is -0.121. The normalized spacial score (nSPS) is 18.3. The molecule has 0 aliphatic carbocycles. The summed E-state index contributed by atoms with van der Waals surface area (Å²) in [6, 6.07) is 19.7. The number of carbonyl (C=O) groups is 2. The van der Waals surface area contributed by atoms with Crippen molar-refractivity contribution in [2.24, 2.45) is 0 Å². The van der Waals surface area contributed by atoms with E-state index in [9.17, 15) is 9.59 Å². The predicted octanol–water partition coefficient (Wildman–Crippen LogP) is 5.63. The molecule has 3 aliphatic heterocycles. The molecule has 1 spiro atoms. The molecule has 2 aromatic carbocycles. The molecule has 10 nitrogen and oxygen atoms in total. The number of amides is 2. The van der Waals surface area contributed by atoms with Crippen LogP contribution in [0.3, 0.4) is 0 Å². The maximum Gasteiger partial charge on any atom is 0.220 e. The van der Waals surface area contributed by atoms with Gasteiger partial charge in [-0.25, -0.2) is 9.97 Å². The monoisotopic (exact) mass is 700 g/mol. The lowest BCUT2D eigenvalue weighted by Gasteiger charge is -2.48. The number of methoxy groups -OCH3 is 2. The Morgan fingerprint density at radius 1 is 0.816 bits per heavy atom. The van der Waals surface area contributed by atoms with Gasteiger partial charge in [-0.1, -0.05) is 71.7 Å². The fraction of sp³-hybridized carbons (Fsp3) is 0.351. The summed E-state index contributed by atoms with van der Waals surface area (Å²) in [5, 5.41) is 10.5. The van der Waals surface area contributed by atoms with Gasteiger partial charge < -0.3 is 25.4 Å². The largest absolute Gasteiger partial charge is 0.481 e. The number of ether oxygens (including phenoxy) is 2. The van der Waals surface area contributed by atoms with Gasteiger partial charge in [-0.3, -0.25) is 14.5 Å².